The van der Waals surface area contributed by atoms with E-state index in [1.807, 2.05) is 47.7 Å². The van der Waals surface area contributed by atoms with Crippen LogP contribution in [0.1, 0.15) is 102 Å². The Morgan fingerprint density at radius 1 is 0.851 bits per heavy atom. The van der Waals surface area contributed by atoms with Crippen LogP contribution >= 0.6 is 0 Å². The van der Waals surface area contributed by atoms with Crippen molar-refractivity contribution in [2.24, 2.45) is 0 Å². The van der Waals surface area contributed by atoms with Gasteiger partial charge in [0.25, 0.3) is 0 Å². The van der Waals surface area contributed by atoms with Gasteiger partial charge in [0.05, 0.1) is 35.0 Å². The van der Waals surface area contributed by atoms with Crippen LogP contribution in [0, 0.1) is 0 Å². The van der Waals surface area contributed by atoms with Gasteiger partial charge >= 0.3 is 12.2 Å². The Morgan fingerprint density at radius 2 is 1.47 bits per heavy atom. The minimum Gasteiger partial charge on any atom is -0.444 e. The summed E-state index contributed by atoms with van der Waals surface area (Å²) in [5, 5.41) is 0. The van der Waals surface area contributed by atoms with Crippen molar-refractivity contribution in [3.8, 4) is 11.3 Å². The molecule has 0 aliphatic carbocycles. The van der Waals surface area contributed by atoms with E-state index in [-0.39, 0.29) is 24.3 Å². The number of aromatic nitrogens is 4. The van der Waals surface area contributed by atoms with E-state index in [9.17, 15) is 9.59 Å². The Bertz CT molecular complexity index is 1760. The highest BCUT2D eigenvalue weighted by Gasteiger charge is 2.36. The van der Waals surface area contributed by atoms with Gasteiger partial charge in [0.15, 0.2) is 0 Å². The van der Waals surface area contributed by atoms with Crippen molar-refractivity contribution in [2.45, 2.75) is 96.9 Å². The SMILES string of the molecule is CC(C)(C)OC(=O)N1CCC[C@H]1c1ncc(-c2ccc(C=CCc3ccc4[nH]c([C@@H]5CCCN5C(=O)OC(C)(C)C)nc4c3)cc2)[nH]1. The number of hydrogen-bond acceptors (Lipinski definition) is 6. The summed E-state index contributed by atoms with van der Waals surface area (Å²) in [5.74, 6) is 1.60. The maximum atomic E-state index is 12.8. The van der Waals surface area contributed by atoms with Crippen molar-refractivity contribution in [1.29, 1.82) is 0 Å². The summed E-state index contributed by atoms with van der Waals surface area (Å²) in [6, 6.07) is 14.4. The number of aromatic amines is 2. The fourth-order valence-corrected chi connectivity index (χ4v) is 6.29. The van der Waals surface area contributed by atoms with Gasteiger partial charge < -0.3 is 19.4 Å². The number of H-pyrrole nitrogens is 2. The zero-order chi connectivity index (χ0) is 33.3. The highest BCUT2D eigenvalue weighted by molar-refractivity contribution is 5.77. The molecule has 0 saturated carbocycles. The molecule has 4 aromatic rings. The number of imidazole rings is 2. The number of fused-ring (bicyclic) bond motifs is 1. The van der Waals surface area contributed by atoms with Crippen LogP contribution in [0.25, 0.3) is 28.4 Å². The molecule has 6 rings (SSSR count). The van der Waals surface area contributed by atoms with Crippen LogP contribution in [-0.4, -0.2) is 66.2 Å². The topological polar surface area (TPSA) is 116 Å². The zero-order valence-electron chi connectivity index (χ0n) is 28.3. The Hall–Kier alpha value is -4.60. The summed E-state index contributed by atoms with van der Waals surface area (Å²) < 4.78 is 11.3. The van der Waals surface area contributed by atoms with Crippen molar-refractivity contribution in [1.82, 2.24) is 29.7 Å². The molecule has 47 heavy (non-hydrogen) atoms. The van der Waals surface area contributed by atoms with Gasteiger partial charge in [0.1, 0.15) is 22.9 Å². The van der Waals surface area contributed by atoms with Gasteiger partial charge in [-0.15, -0.1) is 0 Å². The lowest BCUT2D eigenvalue weighted by Gasteiger charge is -2.27. The first-order chi connectivity index (χ1) is 22.3. The average Bonchev–Trinajstić information content (AvgIpc) is 3.81. The number of allylic oxidation sites excluding steroid dienone is 1. The first-order valence-corrected chi connectivity index (χ1v) is 16.6. The normalized spacial score (nSPS) is 18.9. The third kappa shape index (κ3) is 7.69. The van der Waals surface area contributed by atoms with Crippen LogP contribution in [0.15, 0.2) is 54.7 Å². The molecule has 2 amide bonds. The summed E-state index contributed by atoms with van der Waals surface area (Å²) in [7, 11) is 0. The van der Waals surface area contributed by atoms with E-state index in [4.69, 9.17) is 14.5 Å². The van der Waals surface area contributed by atoms with Crippen LogP contribution in [0.3, 0.4) is 0 Å². The molecule has 2 atom stereocenters. The average molecular weight is 639 g/mol. The number of hydrogen-bond donors (Lipinski definition) is 2. The Balaban J connectivity index is 1.07. The molecule has 10 heteroatoms. The molecular formula is C37H46N6O4. The van der Waals surface area contributed by atoms with Crippen LogP contribution < -0.4 is 0 Å². The Morgan fingerprint density at radius 3 is 2.09 bits per heavy atom. The molecule has 2 aliphatic heterocycles. The summed E-state index contributed by atoms with van der Waals surface area (Å²) >= 11 is 0. The number of benzene rings is 2. The molecule has 4 heterocycles. The summed E-state index contributed by atoms with van der Waals surface area (Å²) in [6.45, 7) is 12.7. The minimum atomic E-state index is -0.532. The minimum absolute atomic E-state index is 0.105. The van der Waals surface area contributed by atoms with Crippen LogP contribution in [0.5, 0.6) is 0 Å². The quantitative estimate of drug-likeness (QED) is 0.219. The van der Waals surface area contributed by atoms with Gasteiger partial charge in [-0.25, -0.2) is 19.6 Å². The first kappa shape index (κ1) is 32.3. The first-order valence-electron chi connectivity index (χ1n) is 16.6. The van der Waals surface area contributed by atoms with Gasteiger partial charge in [-0.3, -0.25) is 9.80 Å². The molecule has 248 valence electrons. The highest BCUT2D eigenvalue weighted by atomic mass is 16.6. The van der Waals surface area contributed by atoms with Crippen LogP contribution in [0.2, 0.25) is 0 Å². The predicted molar refractivity (Wildman–Crippen MR) is 183 cm³/mol. The number of rotatable bonds is 6. The fourth-order valence-electron chi connectivity index (χ4n) is 6.29. The second-order valence-corrected chi connectivity index (χ2v) is 14.5. The number of nitrogens with one attached hydrogen (secondary N) is 2. The summed E-state index contributed by atoms with van der Waals surface area (Å²) in [5.41, 5.74) is 5.03. The second kappa shape index (κ2) is 12.9. The van der Waals surface area contributed by atoms with E-state index in [1.54, 1.807) is 9.80 Å². The molecule has 0 unspecified atom stereocenters. The molecule has 2 saturated heterocycles. The third-order valence-corrected chi connectivity index (χ3v) is 8.44. The van der Waals surface area contributed by atoms with E-state index in [0.29, 0.717) is 13.1 Å². The lowest BCUT2D eigenvalue weighted by atomic mass is 10.1. The summed E-state index contributed by atoms with van der Waals surface area (Å²) in [4.78, 5) is 45.5. The van der Waals surface area contributed by atoms with Gasteiger partial charge in [-0.2, -0.15) is 0 Å². The Labute approximate surface area is 276 Å². The van der Waals surface area contributed by atoms with Gasteiger partial charge in [0.2, 0.25) is 0 Å². The molecule has 2 fully saturated rings. The maximum Gasteiger partial charge on any atom is 0.410 e. The van der Waals surface area contributed by atoms with Crippen molar-refractivity contribution in [2.75, 3.05) is 13.1 Å². The smallest absolute Gasteiger partial charge is 0.410 e. The van der Waals surface area contributed by atoms with Crippen LogP contribution in [-0.2, 0) is 15.9 Å². The van der Waals surface area contributed by atoms with E-state index < -0.39 is 11.2 Å². The molecule has 10 nitrogen and oxygen atoms in total. The van der Waals surface area contributed by atoms with Gasteiger partial charge in [-0.1, -0.05) is 42.5 Å². The Kier molecular flexibility index (Phi) is 8.87. The predicted octanol–water partition coefficient (Wildman–Crippen LogP) is 8.35. The molecular weight excluding hydrogens is 592 g/mol. The molecule has 2 aliphatic rings. The van der Waals surface area contributed by atoms with Gasteiger partial charge in [0, 0.05) is 13.1 Å². The number of nitrogens with zero attached hydrogens (tertiary/aromatic N) is 4. The number of carbonyl (C=O) groups excluding carboxylic acids is 2. The molecule has 0 bridgehead atoms. The largest absolute Gasteiger partial charge is 0.444 e. The molecule has 0 radical (unpaired) electrons. The van der Waals surface area contributed by atoms with Gasteiger partial charge in [-0.05, 0) is 102 Å². The zero-order valence-corrected chi connectivity index (χ0v) is 28.3. The monoisotopic (exact) mass is 638 g/mol. The van der Waals surface area contributed by atoms with E-state index in [2.05, 4.69) is 69.6 Å². The van der Waals surface area contributed by atoms with Crippen molar-refractivity contribution in [3.05, 3.63) is 77.5 Å². The van der Waals surface area contributed by atoms with Crippen molar-refractivity contribution in [3.63, 3.8) is 0 Å². The summed E-state index contributed by atoms with van der Waals surface area (Å²) in [6.07, 6.45) is 9.88. The van der Waals surface area contributed by atoms with Crippen LogP contribution in [0.4, 0.5) is 9.59 Å². The lowest BCUT2D eigenvalue weighted by Crippen LogP contribution is -2.36. The molecule has 2 N–H and O–H groups in total. The molecule has 2 aromatic carbocycles. The lowest BCUT2D eigenvalue weighted by molar-refractivity contribution is 0.0208. The van der Waals surface area contributed by atoms with E-state index in [0.717, 1.165) is 77.2 Å². The maximum absolute atomic E-state index is 12.8. The number of ether oxygens (including phenoxy) is 2. The molecule has 2 aromatic heterocycles. The number of likely N-dealkylation sites (tertiary alicyclic amines) is 2. The second-order valence-electron chi connectivity index (χ2n) is 14.5. The van der Waals surface area contributed by atoms with E-state index >= 15 is 0 Å². The number of amides is 2. The standard InChI is InChI=1S/C37H46N6O4/c1-36(2,3)46-34(44)42-20-8-12-30(42)32-38-23-29(41-32)26-17-14-24(15-18-26)10-7-11-25-16-19-27-28(22-25)40-33(39-27)31-13-9-21-43(31)35(45)47-37(4,5)6/h7,10,14-19,22-23,30-31H,8-9,11-13,20-21H2,1-6H3,(H,38,41)(H,39,40)/t30-,31-/m0/s1. The molecule has 0 spiro atoms. The van der Waals surface area contributed by atoms with E-state index in [1.165, 1.54) is 0 Å². The third-order valence-electron chi connectivity index (χ3n) is 8.44. The number of carbonyl (C=O) groups is 2. The van der Waals surface area contributed by atoms with Crippen molar-refractivity contribution < 1.29 is 19.1 Å². The fraction of sp³-hybridized carbons (Fsp3) is 0.459. The highest BCUT2D eigenvalue weighted by Crippen LogP contribution is 2.34. The van der Waals surface area contributed by atoms with Crippen molar-refractivity contribution >= 4 is 29.3 Å².